The van der Waals surface area contributed by atoms with Gasteiger partial charge in [-0.25, -0.2) is 4.39 Å². The van der Waals surface area contributed by atoms with Crippen LogP contribution in [-0.2, 0) is 12.6 Å². The average molecular weight is 237 g/mol. The highest BCUT2D eigenvalue weighted by Crippen LogP contribution is 2.30. The van der Waals surface area contributed by atoms with Crippen molar-refractivity contribution in [2.24, 2.45) is 5.73 Å². The van der Waals surface area contributed by atoms with E-state index in [9.17, 15) is 17.6 Å². The number of hydrogen-bond donors (Lipinski definition) is 2. The molecular weight excluding hydrogens is 226 g/mol. The van der Waals surface area contributed by atoms with Gasteiger partial charge in [-0.15, -0.1) is 0 Å². The van der Waals surface area contributed by atoms with Crippen molar-refractivity contribution in [3.63, 3.8) is 0 Å². The Balaban J connectivity index is 2.92. The van der Waals surface area contributed by atoms with Crippen molar-refractivity contribution in [1.29, 1.82) is 0 Å². The lowest BCUT2D eigenvalue weighted by atomic mass is 10.0. The summed E-state index contributed by atoms with van der Waals surface area (Å²) in [5.41, 5.74) is 4.09. The van der Waals surface area contributed by atoms with Crippen LogP contribution in [0.25, 0.3) is 0 Å². The summed E-state index contributed by atoms with van der Waals surface area (Å²) in [6.45, 7) is -0.0690. The highest BCUT2D eigenvalue weighted by molar-refractivity contribution is 5.26. The van der Waals surface area contributed by atoms with Gasteiger partial charge >= 0.3 is 6.18 Å². The summed E-state index contributed by atoms with van der Waals surface area (Å²) in [7, 11) is 0. The zero-order chi connectivity index (χ0) is 12.3. The first-order chi connectivity index (χ1) is 7.34. The monoisotopic (exact) mass is 237 g/mol. The van der Waals surface area contributed by atoms with Gasteiger partial charge in [0.2, 0.25) is 0 Å². The van der Waals surface area contributed by atoms with E-state index in [1.54, 1.807) is 0 Å². The Morgan fingerprint density at radius 2 is 1.94 bits per heavy atom. The molecule has 0 saturated heterocycles. The van der Waals surface area contributed by atoms with E-state index in [1.165, 1.54) is 0 Å². The largest absolute Gasteiger partial charge is 0.416 e. The highest BCUT2D eigenvalue weighted by atomic mass is 19.4. The number of hydrogen-bond acceptors (Lipinski definition) is 2. The van der Waals surface area contributed by atoms with Gasteiger partial charge in [0.1, 0.15) is 5.82 Å². The predicted octanol–water partition coefficient (Wildman–Crippen LogP) is 1.71. The molecule has 1 aromatic carbocycles. The summed E-state index contributed by atoms with van der Waals surface area (Å²) >= 11 is 0. The number of nitrogens with two attached hydrogens (primary N) is 1. The van der Waals surface area contributed by atoms with Crippen LogP contribution < -0.4 is 5.73 Å². The van der Waals surface area contributed by atoms with Gasteiger partial charge in [0.15, 0.2) is 0 Å². The van der Waals surface area contributed by atoms with E-state index in [4.69, 9.17) is 10.8 Å². The molecule has 0 bridgehead atoms. The average Bonchev–Trinajstić information content (AvgIpc) is 2.19. The molecule has 1 rings (SSSR count). The van der Waals surface area contributed by atoms with E-state index >= 15 is 0 Å². The minimum absolute atomic E-state index is 0.0194. The lowest BCUT2D eigenvalue weighted by Crippen LogP contribution is -2.22. The van der Waals surface area contributed by atoms with Crippen LogP contribution in [0, 0.1) is 5.82 Å². The Morgan fingerprint density at radius 1 is 1.31 bits per heavy atom. The van der Waals surface area contributed by atoms with Gasteiger partial charge in [-0.3, -0.25) is 0 Å². The maximum absolute atomic E-state index is 13.2. The van der Waals surface area contributed by atoms with Crippen molar-refractivity contribution in [2.75, 3.05) is 6.54 Å². The molecule has 16 heavy (non-hydrogen) atoms. The maximum atomic E-state index is 13.2. The third kappa shape index (κ3) is 3.18. The van der Waals surface area contributed by atoms with Crippen molar-refractivity contribution in [1.82, 2.24) is 0 Å². The van der Waals surface area contributed by atoms with E-state index in [0.29, 0.717) is 6.07 Å². The van der Waals surface area contributed by atoms with Gasteiger partial charge < -0.3 is 10.8 Å². The number of benzene rings is 1. The fraction of sp³-hybridized carbons (Fsp3) is 0.400. The zero-order valence-electron chi connectivity index (χ0n) is 8.26. The molecule has 2 nitrogen and oxygen atoms in total. The summed E-state index contributed by atoms with van der Waals surface area (Å²) in [6.07, 6.45) is -5.61. The van der Waals surface area contributed by atoms with Crippen molar-refractivity contribution >= 4 is 0 Å². The topological polar surface area (TPSA) is 46.2 Å². The molecule has 0 radical (unpaired) electrons. The van der Waals surface area contributed by atoms with Crippen LogP contribution in [0.5, 0.6) is 0 Å². The normalized spacial score (nSPS) is 13.9. The minimum Gasteiger partial charge on any atom is -0.391 e. The summed E-state index contributed by atoms with van der Waals surface area (Å²) in [5, 5.41) is 9.15. The van der Waals surface area contributed by atoms with Gasteiger partial charge in [-0.05, 0) is 17.7 Å². The van der Waals surface area contributed by atoms with E-state index < -0.39 is 23.7 Å². The van der Waals surface area contributed by atoms with Crippen molar-refractivity contribution < 1.29 is 22.7 Å². The standard InChI is InChI=1S/C10H11F4NO/c11-9-4-7(10(12,13)14)2-1-6(9)3-8(16)5-15/h1-2,4,8,16H,3,5,15H2. The van der Waals surface area contributed by atoms with Crippen LogP contribution >= 0.6 is 0 Å². The molecule has 0 fully saturated rings. The van der Waals surface area contributed by atoms with E-state index in [2.05, 4.69) is 0 Å². The molecule has 0 aliphatic rings. The van der Waals surface area contributed by atoms with E-state index in [-0.39, 0.29) is 18.5 Å². The second-order valence-corrected chi connectivity index (χ2v) is 3.40. The number of aliphatic hydroxyl groups is 1. The third-order valence-corrected chi connectivity index (χ3v) is 2.11. The molecule has 1 unspecified atom stereocenters. The molecule has 0 heterocycles. The van der Waals surface area contributed by atoms with Gasteiger partial charge in [-0.2, -0.15) is 13.2 Å². The van der Waals surface area contributed by atoms with Crippen molar-refractivity contribution in [3.8, 4) is 0 Å². The van der Waals surface area contributed by atoms with Crippen molar-refractivity contribution in [3.05, 3.63) is 35.1 Å². The van der Waals surface area contributed by atoms with Crippen LogP contribution in [0.1, 0.15) is 11.1 Å². The zero-order valence-corrected chi connectivity index (χ0v) is 8.26. The van der Waals surface area contributed by atoms with Crippen LogP contribution in [0.2, 0.25) is 0 Å². The molecule has 0 amide bonds. The van der Waals surface area contributed by atoms with Crippen molar-refractivity contribution in [2.45, 2.75) is 18.7 Å². The second kappa shape index (κ2) is 4.80. The molecule has 0 spiro atoms. The van der Waals surface area contributed by atoms with Crippen LogP contribution in [0.3, 0.4) is 0 Å². The second-order valence-electron chi connectivity index (χ2n) is 3.40. The van der Waals surface area contributed by atoms with Gasteiger partial charge in [0.25, 0.3) is 0 Å². The Labute approximate surface area is 89.7 Å². The first-order valence-corrected chi connectivity index (χ1v) is 4.58. The lowest BCUT2D eigenvalue weighted by molar-refractivity contribution is -0.137. The molecular formula is C10H11F4NO. The van der Waals surface area contributed by atoms with Gasteiger partial charge in [-0.1, -0.05) is 6.07 Å². The Bertz CT molecular complexity index is 364. The highest BCUT2D eigenvalue weighted by Gasteiger charge is 2.31. The SMILES string of the molecule is NCC(O)Cc1ccc(C(F)(F)F)cc1F. The molecule has 0 aliphatic heterocycles. The van der Waals surface area contributed by atoms with Gasteiger partial charge in [0.05, 0.1) is 11.7 Å². The van der Waals surface area contributed by atoms with E-state index in [0.717, 1.165) is 12.1 Å². The summed E-state index contributed by atoms with van der Waals surface area (Å²) in [4.78, 5) is 0. The fourth-order valence-corrected chi connectivity index (χ4v) is 1.23. The Hall–Kier alpha value is -1.14. The Kier molecular flexibility index (Phi) is 3.88. The number of rotatable bonds is 3. The Morgan fingerprint density at radius 3 is 2.38 bits per heavy atom. The summed E-state index contributed by atoms with van der Waals surface area (Å²) in [6, 6.07) is 2.21. The lowest BCUT2D eigenvalue weighted by Gasteiger charge is -2.11. The first kappa shape index (κ1) is 12.9. The molecule has 1 aromatic rings. The summed E-state index contributed by atoms with van der Waals surface area (Å²) < 4.78 is 49.8. The molecule has 0 saturated carbocycles. The van der Waals surface area contributed by atoms with E-state index in [1.807, 2.05) is 0 Å². The molecule has 0 aliphatic carbocycles. The molecule has 90 valence electrons. The first-order valence-electron chi connectivity index (χ1n) is 4.58. The van der Waals surface area contributed by atoms with Crippen LogP contribution in [0.4, 0.5) is 17.6 Å². The van der Waals surface area contributed by atoms with Gasteiger partial charge in [0, 0.05) is 13.0 Å². The summed E-state index contributed by atoms with van der Waals surface area (Å²) in [5.74, 6) is -0.984. The molecule has 3 N–H and O–H groups in total. The number of alkyl halides is 3. The van der Waals surface area contributed by atoms with Crippen LogP contribution in [-0.4, -0.2) is 17.8 Å². The minimum atomic E-state index is -4.56. The molecule has 1 atom stereocenters. The predicted molar refractivity (Wildman–Crippen MR) is 50.2 cm³/mol. The van der Waals surface area contributed by atoms with Crippen LogP contribution in [0.15, 0.2) is 18.2 Å². The smallest absolute Gasteiger partial charge is 0.391 e. The fourth-order valence-electron chi connectivity index (χ4n) is 1.23. The number of halogens is 4. The number of aliphatic hydroxyl groups excluding tert-OH is 1. The quantitative estimate of drug-likeness (QED) is 0.786. The molecule has 6 heteroatoms. The maximum Gasteiger partial charge on any atom is 0.416 e. The molecule has 0 aromatic heterocycles. The third-order valence-electron chi connectivity index (χ3n) is 2.11.